The van der Waals surface area contributed by atoms with Gasteiger partial charge in [-0.15, -0.1) is 0 Å². The minimum absolute atomic E-state index is 0.641. The average molecular weight is 425 g/mol. The minimum atomic E-state index is -2.73. The first-order chi connectivity index (χ1) is 12.7. The van der Waals surface area contributed by atoms with Gasteiger partial charge in [-0.1, -0.05) is 0 Å². The van der Waals surface area contributed by atoms with Crippen LogP contribution < -0.4 is 15.9 Å². The summed E-state index contributed by atoms with van der Waals surface area (Å²) in [7, 11) is 0. The van der Waals surface area contributed by atoms with Crippen LogP contribution in [0.15, 0.2) is 91.0 Å². The van der Waals surface area contributed by atoms with Gasteiger partial charge in [0.25, 0.3) is 0 Å². The second-order valence-electron chi connectivity index (χ2n) is 7.37. The van der Waals surface area contributed by atoms with Crippen molar-refractivity contribution in [3.05, 3.63) is 91.0 Å². The van der Waals surface area contributed by atoms with E-state index in [1.165, 1.54) is 48.0 Å². The summed E-state index contributed by atoms with van der Waals surface area (Å²) < 4.78 is 0. The molecule has 3 aromatic rings. The van der Waals surface area contributed by atoms with Gasteiger partial charge in [0.2, 0.25) is 0 Å². The fraction of sp³-hybridized carbons (Fsp3) is 0.250. The number of halogens is 1. The van der Waals surface area contributed by atoms with Crippen molar-refractivity contribution in [3.63, 3.8) is 0 Å². The first kappa shape index (κ1) is 18.0. The van der Waals surface area contributed by atoms with Gasteiger partial charge in [-0.25, -0.2) is 0 Å². The number of rotatable bonds is 4. The second kappa shape index (κ2) is 7.29. The zero-order valence-electron chi connectivity index (χ0n) is 15.1. The summed E-state index contributed by atoms with van der Waals surface area (Å²) in [6, 6.07) is 33.7. The predicted octanol–water partition coefficient (Wildman–Crippen LogP) is 6.16. The molecule has 0 nitrogen and oxygen atoms in total. The van der Waals surface area contributed by atoms with E-state index < -0.39 is 5.31 Å². The normalized spacial score (nSPS) is 17.3. The third-order valence-electron chi connectivity index (χ3n) is 6.04. The molecule has 0 atom stereocenters. The molecule has 0 saturated heterocycles. The van der Waals surface area contributed by atoms with Gasteiger partial charge in [0.05, 0.1) is 0 Å². The Morgan fingerprint density at radius 2 is 0.885 bits per heavy atom. The molecule has 0 spiro atoms. The van der Waals surface area contributed by atoms with Gasteiger partial charge in [0, 0.05) is 0 Å². The summed E-state index contributed by atoms with van der Waals surface area (Å²) in [5.74, 6) is 0. The maximum absolute atomic E-state index is 4.61. The molecule has 4 rings (SSSR count). The Morgan fingerprint density at radius 3 is 1.23 bits per heavy atom. The molecule has 1 saturated carbocycles. The van der Waals surface area contributed by atoms with Crippen LogP contribution in [0.2, 0.25) is 0 Å². The van der Waals surface area contributed by atoms with Gasteiger partial charge in [-0.05, 0) is 0 Å². The first-order valence-electron chi connectivity index (χ1n) is 9.65. The van der Waals surface area contributed by atoms with E-state index in [1.807, 2.05) is 0 Å². The molecule has 2 heteroatoms. The maximum atomic E-state index is 4.61. The molecular weight excluding hydrogens is 399 g/mol. The van der Waals surface area contributed by atoms with Gasteiger partial charge in [0.15, 0.2) is 0 Å². The zero-order chi connectivity index (χ0) is 17.9. The van der Waals surface area contributed by atoms with Crippen LogP contribution in [-0.2, 0) is 0 Å². The van der Waals surface area contributed by atoms with Crippen LogP contribution in [0.5, 0.6) is 0 Å². The van der Waals surface area contributed by atoms with Crippen LogP contribution >= 0.6 is 20.8 Å². The third kappa shape index (κ3) is 2.68. The van der Waals surface area contributed by atoms with Crippen molar-refractivity contribution in [2.45, 2.75) is 37.8 Å². The molecule has 0 heterocycles. The van der Waals surface area contributed by atoms with Gasteiger partial charge >= 0.3 is 165 Å². The summed E-state index contributed by atoms with van der Waals surface area (Å²) in [4.78, 5) is 0. The average Bonchev–Trinajstić information content (AvgIpc) is 2.76. The monoisotopic (exact) mass is 424 g/mol. The Kier molecular flexibility index (Phi) is 5.04. The molecule has 0 radical (unpaired) electrons. The summed E-state index contributed by atoms with van der Waals surface area (Å²) in [6.45, 7) is 0. The summed E-state index contributed by atoms with van der Waals surface area (Å²) in [5, 5.41) is 1.66. The van der Waals surface area contributed by atoms with Crippen molar-refractivity contribution >= 4 is 36.7 Å². The number of benzene rings is 3. The summed E-state index contributed by atoms with van der Waals surface area (Å²) >= 11 is 4.61. The standard InChI is InChI=1S/C24H26BrP/c25-26(21-13-5-1-6-14-21,22-15-7-2-8-16-22,23-17-9-3-10-18-23)24-19-11-4-12-20-24/h1-3,5-10,13-18,24H,4,11-12,19-20H2. The van der Waals surface area contributed by atoms with E-state index >= 15 is 0 Å². The molecule has 0 aliphatic heterocycles. The van der Waals surface area contributed by atoms with E-state index in [2.05, 4.69) is 106 Å². The van der Waals surface area contributed by atoms with Crippen LogP contribution in [0, 0.1) is 0 Å². The molecule has 0 bridgehead atoms. The second-order valence-corrected chi connectivity index (χ2v) is 16.2. The Hall–Kier alpha value is -1.43. The Labute approximate surface area is 165 Å². The van der Waals surface area contributed by atoms with Gasteiger partial charge in [-0.3, -0.25) is 0 Å². The van der Waals surface area contributed by atoms with E-state index in [4.69, 9.17) is 0 Å². The van der Waals surface area contributed by atoms with Crippen LogP contribution in [0.25, 0.3) is 0 Å². The van der Waals surface area contributed by atoms with Crippen LogP contribution in [0.4, 0.5) is 0 Å². The Bertz CT molecular complexity index is 740. The summed E-state index contributed by atoms with van der Waals surface area (Å²) in [6.07, 6.45) is 6.62. The van der Waals surface area contributed by atoms with Crippen molar-refractivity contribution in [1.82, 2.24) is 0 Å². The molecule has 0 amide bonds. The predicted molar refractivity (Wildman–Crippen MR) is 121 cm³/mol. The van der Waals surface area contributed by atoms with Crippen molar-refractivity contribution in [2.75, 3.05) is 0 Å². The van der Waals surface area contributed by atoms with E-state index in [0.29, 0.717) is 5.66 Å². The molecular formula is C24H26BrP. The molecule has 1 fully saturated rings. The van der Waals surface area contributed by atoms with E-state index in [1.54, 1.807) is 0 Å². The van der Waals surface area contributed by atoms with Crippen molar-refractivity contribution in [3.8, 4) is 0 Å². The van der Waals surface area contributed by atoms with Gasteiger partial charge in [0.1, 0.15) is 0 Å². The first-order valence-corrected chi connectivity index (χ1v) is 14.0. The molecule has 0 N–H and O–H groups in total. The van der Waals surface area contributed by atoms with Crippen molar-refractivity contribution in [2.24, 2.45) is 0 Å². The van der Waals surface area contributed by atoms with Gasteiger partial charge in [-0.2, -0.15) is 0 Å². The fourth-order valence-corrected chi connectivity index (χ4v) is 13.9. The SMILES string of the molecule is BrP(c1ccccc1)(c1ccccc1)(c1ccccc1)C1CCCCC1. The number of hydrogen-bond donors (Lipinski definition) is 0. The van der Waals surface area contributed by atoms with Crippen molar-refractivity contribution in [1.29, 1.82) is 0 Å². The molecule has 26 heavy (non-hydrogen) atoms. The fourth-order valence-electron chi connectivity index (χ4n) is 4.80. The van der Waals surface area contributed by atoms with Crippen LogP contribution in [0.1, 0.15) is 32.1 Å². The third-order valence-corrected chi connectivity index (χ3v) is 17.3. The molecule has 134 valence electrons. The molecule has 0 aromatic heterocycles. The van der Waals surface area contributed by atoms with Crippen LogP contribution in [0.3, 0.4) is 0 Å². The van der Waals surface area contributed by atoms with Crippen molar-refractivity contribution < 1.29 is 0 Å². The Balaban J connectivity index is 2.10. The molecule has 1 aliphatic carbocycles. The molecule has 0 unspecified atom stereocenters. The Morgan fingerprint density at radius 1 is 0.538 bits per heavy atom. The van der Waals surface area contributed by atoms with Gasteiger partial charge < -0.3 is 0 Å². The van der Waals surface area contributed by atoms with E-state index in [-0.39, 0.29) is 0 Å². The zero-order valence-corrected chi connectivity index (χ0v) is 17.6. The summed E-state index contributed by atoms with van der Waals surface area (Å²) in [5.41, 5.74) is 0.641. The number of hydrogen-bond acceptors (Lipinski definition) is 0. The van der Waals surface area contributed by atoms with Crippen LogP contribution in [-0.4, -0.2) is 5.66 Å². The van der Waals surface area contributed by atoms with E-state index in [0.717, 1.165) is 0 Å². The topological polar surface area (TPSA) is 0 Å². The molecule has 1 aliphatic rings. The van der Waals surface area contributed by atoms with E-state index in [9.17, 15) is 0 Å². The molecule has 3 aromatic carbocycles. The quantitative estimate of drug-likeness (QED) is 0.440.